The number of carbonyl (C=O) groups excluding carboxylic acids is 2. The molecule has 2 aromatic carbocycles. The Morgan fingerprint density at radius 1 is 1.09 bits per heavy atom. The van der Waals surface area contributed by atoms with E-state index < -0.39 is 22.0 Å². The van der Waals surface area contributed by atoms with E-state index >= 15 is 0 Å². The van der Waals surface area contributed by atoms with Crippen LogP contribution < -0.4 is 4.90 Å². The Morgan fingerprint density at radius 3 is 2.44 bits per heavy atom. The second-order valence-corrected chi connectivity index (χ2v) is 9.56. The topological polar surface area (TPSA) is 104 Å². The summed E-state index contributed by atoms with van der Waals surface area (Å²) in [5, 5.41) is 9.54. The number of fused-ring (bicyclic) bond motifs is 1. The maximum absolute atomic E-state index is 13.5. The first-order valence-corrected chi connectivity index (χ1v) is 12.0. The number of anilines is 1. The maximum atomic E-state index is 13.5. The summed E-state index contributed by atoms with van der Waals surface area (Å²) in [5.41, 5.74) is 1.21. The number of aromatic hydroxyl groups is 1. The van der Waals surface area contributed by atoms with Crippen LogP contribution in [-0.4, -0.2) is 49.4 Å². The Balaban J connectivity index is 2.06. The minimum Gasteiger partial charge on any atom is -0.508 e. The molecule has 8 nitrogen and oxygen atoms in total. The van der Waals surface area contributed by atoms with E-state index in [-0.39, 0.29) is 29.6 Å². The van der Waals surface area contributed by atoms with E-state index in [2.05, 4.69) is 0 Å². The number of unbranched alkanes of at least 4 members (excludes halogenated alkanes) is 2. The van der Waals surface area contributed by atoms with Gasteiger partial charge in [0.2, 0.25) is 15.9 Å². The Hall–Kier alpha value is -2.91. The molecule has 0 bridgehead atoms. The molecule has 1 amide bonds. The number of phenolic OH excluding ortho intramolecular Hbond substituents is 1. The second-order valence-electron chi connectivity index (χ2n) is 7.67. The van der Waals surface area contributed by atoms with Crippen LogP contribution in [0.15, 0.2) is 53.4 Å². The number of esters is 1. The molecule has 0 aliphatic carbocycles. The van der Waals surface area contributed by atoms with Gasteiger partial charge in [0.1, 0.15) is 11.8 Å². The number of rotatable bonds is 7. The van der Waals surface area contributed by atoms with Gasteiger partial charge in [0, 0.05) is 18.7 Å². The van der Waals surface area contributed by atoms with Gasteiger partial charge in [-0.2, -0.15) is 4.31 Å². The van der Waals surface area contributed by atoms with Crippen LogP contribution in [0.2, 0.25) is 0 Å². The molecule has 32 heavy (non-hydrogen) atoms. The summed E-state index contributed by atoms with van der Waals surface area (Å²) in [6.07, 6.45) is 2.89. The van der Waals surface area contributed by atoms with Crippen LogP contribution >= 0.6 is 0 Å². The molecular formula is C23H28N2O6S. The van der Waals surface area contributed by atoms with Crippen LogP contribution in [0.5, 0.6) is 5.75 Å². The highest BCUT2D eigenvalue weighted by atomic mass is 32.2. The molecule has 0 radical (unpaired) electrons. The monoisotopic (exact) mass is 460 g/mol. The van der Waals surface area contributed by atoms with E-state index in [1.165, 1.54) is 36.3 Å². The summed E-state index contributed by atoms with van der Waals surface area (Å²) >= 11 is 0. The highest BCUT2D eigenvalue weighted by Crippen LogP contribution is 2.32. The molecule has 0 fully saturated rings. The SMILES string of the molecule is CCCCCC(=O)N1CC(C(=O)OC)N(S(=O)(=O)c2ccc(O)cc2)Cc2ccccc21. The van der Waals surface area contributed by atoms with E-state index in [4.69, 9.17) is 4.74 Å². The number of phenols is 1. The van der Waals surface area contributed by atoms with Crippen molar-refractivity contribution in [2.24, 2.45) is 0 Å². The van der Waals surface area contributed by atoms with Crippen molar-refractivity contribution >= 4 is 27.6 Å². The summed E-state index contributed by atoms with van der Waals surface area (Å²) in [7, 11) is -2.94. The summed E-state index contributed by atoms with van der Waals surface area (Å²) in [6, 6.07) is 10.9. The van der Waals surface area contributed by atoms with Crippen molar-refractivity contribution in [3.63, 3.8) is 0 Å². The van der Waals surface area contributed by atoms with Crippen LogP contribution in [0.1, 0.15) is 38.2 Å². The average molecular weight is 461 g/mol. The maximum Gasteiger partial charge on any atom is 0.326 e. The Morgan fingerprint density at radius 2 is 1.78 bits per heavy atom. The van der Waals surface area contributed by atoms with Gasteiger partial charge in [0.05, 0.1) is 18.6 Å². The fourth-order valence-electron chi connectivity index (χ4n) is 3.78. The number of carbonyl (C=O) groups is 2. The lowest BCUT2D eigenvalue weighted by Gasteiger charge is -2.29. The third kappa shape index (κ3) is 4.94. The van der Waals surface area contributed by atoms with Gasteiger partial charge in [-0.05, 0) is 42.3 Å². The fourth-order valence-corrected chi connectivity index (χ4v) is 5.33. The predicted molar refractivity (Wildman–Crippen MR) is 120 cm³/mol. The van der Waals surface area contributed by atoms with Crippen molar-refractivity contribution in [3.05, 3.63) is 54.1 Å². The lowest BCUT2D eigenvalue weighted by Crippen LogP contribution is -2.50. The highest BCUT2D eigenvalue weighted by molar-refractivity contribution is 7.89. The zero-order valence-corrected chi connectivity index (χ0v) is 19.0. The molecule has 1 atom stereocenters. The molecule has 1 aliphatic rings. The minimum atomic E-state index is -4.14. The summed E-state index contributed by atoms with van der Waals surface area (Å²) in [4.78, 5) is 27.3. The number of amides is 1. The number of hydrogen-bond acceptors (Lipinski definition) is 6. The van der Waals surface area contributed by atoms with Crippen LogP contribution in [0, 0.1) is 0 Å². The Bertz CT molecular complexity index is 1070. The van der Waals surface area contributed by atoms with E-state index in [1.807, 2.05) is 6.92 Å². The van der Waals surface area contributed by atoms with Gasteiger partial charge >= 0.3 is 5.97 Å². The molecule has 0 saturated heterocycles. The van der Waals surface area contributed by atoms with Crippen molar-refractivity contribution in [2.75, 3.05) is 18.6 Å². The quantitative estimate of drug-likeness (QED) is 0.503. The normalized spacial score (nSPS) is 16.8. The summed E-state index contributed by atoms with van der Waals surface area (Å²) in [5.74, 6) is -0.978. The van der Waals surface area contributed by atoms with Crippen LogP contribution in [0.25, 0.3) is 0 Å². The molecule has 1 aliphatic heterocycles. The number of methoxy groups -OCH3 is 1. The lowest BCUT2D eigenvalue weighted by molar-refractivity contribution is -0.145. The van der Waals surface area contributed by atoms with Gasteiger partial charge in [-0.3, -0.25) is 9.59 Å². The van der Waals surface area contributed by atoms with Crippen LogP contribution in [0.3, 0.4) is 0 Å². The molecule has 172 valence electrons. The van der Waals surface area contributed by atoms with Gasteiger partial charge < -0.3 is 14.7 Å². The van der Waals surface area contributed by atoms with Crippen LogP contribution in [-0.2, 0) is 30.9 Å². The molecule has 0 aromatic heterocycles. The van der Waals surface area contributed by atoms with E-state index in [9.17, 15) is 23.1 Å². The average Bonchev–Trinajstić information content (AvgIpc) is 2.97. The number of para-hydroxylation sites is 1. The first kappa shape index (κ1) is 23.7. The first-order chi connectivity index (χ1) is 15.3. The summed E-state index contributed by atoms with van der Waals surface area (Å²) in [6.45, 7) is 1.80. The number of sulfonamides is 1. The third-order valence-corrected chi connectivity index (χ3v) is 7.39. The van der Waals surface area contributed by atoms with E-state index in [0.717, 1.165) is 17.1 Å². The molecule has 3 rings (SSSR count). The second kappa shape index (κ2) is 10.1. The lowest BCUT2D eigenvalue weighted by atomic mass is 10.1. The van der Waals surface area contributed by atoms with Gasteiger partial charge in [-0.1, -0.05) is 38.0 Å². The Labute approximate surface area is 188 Å². The predicted octanol–water partition coefficient (Wildman–Crippen LogP) is 3.05. The third-order valence-electron chi connectivity index (χ3n) is 5.52. The zero-order chi connectivity index (χ0) is 23.3. The number of benzene rings is 2. The van der Waals surface area contributed by atoms with Crippen molar-refractivity contribution in [1.29, 1.82) is 0 Å². The van der Waals surface area contributed by atoms with Gasteiger partial charge in [0.15, 0.2) is 0 Å². The molecule has 1 heterocycles. The Kier molecular flexibility index (Phi) is 7.52. The van der Waals surface area contributed by atoms with Gasteiger partial charge in [-0.15, -0.1) is 0 Å². The van der Waals surface area contributed by atoms with E-state index in [0.29, 0.717) is 24.1 Å². The first-order valence-electron chi connectivity index (χ1n) is 10.6. The number of ether oxygens (including phenoxy) is 1. The van der Waals surface area contributed by atoms with E-state index in [1.54, 1.807) is 24.3 Å². The van der Waals surface area contributed by atoms with Gasteiger partial charge in [0.25, 0.3) is 0 Å². The van der Waals surface area contributed by atoms with Crippen molar-refractivity contribution in [2.45, 2.75) is 50.1 Å². The van der Waals surface area contributed by atoms with Crippen molar-refractivity contribution in [1.82, 2.24) is 4.31 Å². The van der Waals surface area contributed by atoms with Gasteiger partial charge in [-0.25, -0.2) is 8.42 Å². The minimum absolute atomic E-state index is 0.0654. The molecule has 1 unspecified atom stereocenters. The molecule has 0 spiro atoms. The number of hydrogen-bond donors (Lipinski definition) is 1. The highest BCUT2D eigenvalue weighted by Gasteiger charge is 2.41. The van der Waals surface area contributed by atoms with Crippen LogP contribution in [0.4, 0.5) is 5.69 Å². The fraction of sp³-hybridized carbons (Fsp3) is 0.391. The number of nitrogens with zero attached hydrogens (tertiary/aromatic N) is 2. The van der Waals surface area contributed by atoms with Crippen molar-refractivity contribution < 1.29 is 27.9 Å². The van der Waals surface area contributed by atoms with Crippen molar-refractivity contribution in [3.8, 4) is 5.75 Å². The molecular weight excluding hydrogens is 432 g/mol. The summed E-state index contributed by atoms with van der Waals surface area (Å²) < 4.78 is 33.0. The smallest absolute Gasteiger partial charge is 0.326 e. The molecule has 2 aromatic rings. The molecule has 1 N–H and O–H groups in total. The standard InChI is InChI=1S/C23H28N2O6S/c1-3-4-5-10-22(27)24-16-21(23(28)31-2)25(15-17-8-6-7-9-20(17)24)32(29,30)19-13-11-18(26)12-14-19/h6-9,11-14,21,26H,3-5,10,15-16H2,1-2H3. The molecule has 9 heteroatoms. The molecule has 0 saturated carbocycles. The largest absolute Gasteiger partial charge is 0.508 e. The zero-order valence-electron chi connectivity index (χ0n) is 18.2.